The van der Waals surface area contributed by atoms with E-state index in [1.54, 1.807) is 42.3 Å². The Kier molecular flexibility index (Phi) is 7.45. The molecule has 1 aromatic heterocycles. The molecular weight excluding hydrogens is 411 g/mol. The van der Waals surface area contributed by atoms with Crippen LogP contribution in [0.4, 0.5) is 10.1 Å². The van der Waals surface area contributed by atoms with Gasteiger partial charge in [0.15, 0.2) is 5.69 Å². The fourth-order valence-electron chi connectivity index (χ4n) is 3.78. The summed E-state index contributed by atoms with van der Waals surface area (Å²) in [5.41, 5.74) is 0.862. The minimum atomic E-state index is -0.344. The summed E-state index contributed by atoms with van der Waals surface area (Å²) in [6, 6.07) is 11.5. The van der Waals surface area contributed by atoms with Crippen LogP contribution in [0.5, 0.6) is 5.75 Å². The summed E-state index contributed by atoms with van der Waals surface area (Å²) in [5.74, 6) is -0.0442. The molecule has 0 unspecified atom stereocenters. The third-order valence-corrected chi connectivity index (χ3v) is 5.29. The van der Waals surface area contributed by atoms with Gasteiger partial charge < -0.3 is 14.5 Å². The van der Waals surface area contributed by atoms with Gasteiger partial charge in [-0.05, 0) is 25.1 Å². The van der Waals surface area contributed by atoms with Crippen molar-refractivity contribution >= 4 is 22.4 Å². The Balaban J connectivity index is 0.00000141. The average molecular weight is 441 g/mol. The zero-order chi connectivity index (χ0) is 23.3. The third kappa shape index (κ3) is 4.59. The fraction of sp³-hybridized carbons (Fsp3) is 0.375. The fourth-order valence-corrected chi connectivity index (χ4v) is 3.78. The number of anilines is 1. The van der Waals surface area contributed by atoms with Crippen molar-refractivity contribution < 1.29 is 13.9 Å². The molecule has 170 valence electrons. The van der Waals surface area contributed by atoms with E-state index in [0.717, 1.165) is 5.69 Å². The number of ether oxygens (including phenoxy) is 1. The van der Waals surface area contributed by atoms with E-state index in [1.807, 2.05) is 20.8 Å². The summed E-state index contributed by atoms with van der Waals surface area (Å²) in [7, 11) is 1.55. The molecule has 0 aliphatic carbocycles. The van der Waals surface area contributed by atoms with Crippen molar-refractivity contribution in [2.75, 3.05) is 37.7 Å². The Morgan fingerprint density at radius 2 is 1.72 bits per heavy atom. The SMILES string of the molecule is CC.CCOc1cc(F)ccc1N1CCN(C(=O)c2nn(C)c(=O)c3ccccc23)CC1. The van der Waals surface area contributed by atoms with Gasteiger partial charge in [-0.3, -0.25) is 9.59 Å². The highest BCUT2D eigenvalue weighted by Gasteiger charge is 2.26. The molecule has 0 bridgehead atoms. The molecule has 0 N–H and O–H groups in total. The Bertz CT molecular complexity index is 1150. The molecular formula is C24H29FN4O3. The molecule has 7 nitrogen and oxygen atoms in total. The Morgan fingerprint density at radius 1 is 1.06 bits per heavy atom. The summed E-state index contributed by atoms with van der Waals surface area (Å²) < 4.78 is 20.4. The van der Waals surface area contributed by atoms with Gasteiger partial charge in [-0.25, -0.2) is 9.07 Å². The lowest BCUT2D eigenvalue weighted by atomic mass is 10.1. The summed E-state index contributed by atoms with van der Waals surface area (Å²) in [6.07, 6.45) is 0. The van der Waals surface area contributed by atoms with Crippen LogP contribution in [0.2, 0.25) is 0 Å². The first kappa shape index (κ1) is 23.2. The van der Waals surface area contributed by atoms with Crippen LogP contribution in [0.3, 0.4) is 0 Å². The number of halogens is 1. The first-order valence-electron chi connectivity index (χ1n) is 10.9. The smallest absolute Gasteiger partial charge is 0.275 e. The normalized spacial score (nSPS) is 13.5. The molecule has 8 heteroatoms. The van der Waals surface area contributed by atoms with Gasteiger partial charge in [0.2, 0.25) is 0 Å². The minimum absolute atomic E-state index is 0.203. The lowest BCUT2D eigenvalue weighted by Gasteiger charge is -2.36. The summed E-state index contributed by atoms with van der Waals surface area (Å²) >= 11 is 0. The predicted octanol–water partition coefficient (Wildman–Crippen LogP) is 3.46. The van der Waals surface area contributed by atoms with Gasteiger partial charge in [0, 0.05) is 44.7 Å². The predicted molar refractivity (Wildman–Crippen MR) is 124 cm³/mol. The molecule has 1 aliphatic rings. The number of fused-ring (bicyclic) bond motifs is 1. The van der Waals surface area contributed by atoms with Gasteiger partial charge >= 0.3 is 0 Å². The van der Waals surface area contributed by atoms with Crippen molar-refractivity contribution in [1.29, 1.82) is 0 Å². The number of aromatic nitrogens is 2. The topological polar surface area (TPSA) is 67.7 Å². The monoisotopic (exact) mass is 440 g/mol. The summed E-state index contributed by atoms with van der Waals surface area (Å²) in [6.45, 7) is 8.44. The number of amides is 1. The number of carbonyl (C=O) groups is 1. The third-order valence-electron chi connectivity index (χ3n) is 5.29. The van der Waals surface area contributed by atoms with Gasteiger partial charge in [-0.15, -0.1) is 0 Å². The van der Waals surface area contributed by atoms with E-state index in [-0.39, 0.29) is 23.0 Å². The highest BCUT2D eigenvalue weighted by Crippen LogP contribution is 2.30. The molecule has 4 rings (SSSR count). The van der Waals surface area contributed by atoms with Crippen molar-refractivity contribution in [3.05, 3.63) is 64.3 Å². The zero-order valence-corrected chi connectivity index (χ0v) is 19.0. The van der Waals surface area contributed by atoms with E-state index in [2.05, 4.69) is 10.00 Å². The first-order chi connectivity index (χ1) is 15.5. The van der Waals surface area contributed by atoms with Crippen molar-refractivity contribution in [3.63, 3.8) is 0 Å². The summed E-state index contributed by atoms with van der Waals surface area (Å²) in [5, 5.41) is 5.28. The number of benzene rings is 2. The zero-order valence-electron chi connectivity index (χ0n) is 19.0. The Labute approximate surface area is 187 Å². The molecule has 2 heterocycles. The number of aryl methyl sites for hydroxylation is 1. The second-order valence-corrected chi connectivity index (χ2v) is 7.15. The number of nitrogens with zero attached hydrogens (tertiary/aromatic N) is 4. The van der Waals surface area contributed by atoms with Crippen LogP contribution in [0.15, 0.2) is 47.3 Å². The van der Waals surface area contributed by atoms with Gasteiger partial charge in [0.25, 0.3) is 11.5 Å². The largest absolute Gasteiger partial charge is 0.492 e. The average Bonchev–Trinajstić information content (AvgIpc) is 2.83. The molecule has 0 spiro atoms. The maximum absolute atomic E-state index is 13.6. The molecule has 0 saturated carbocycles. The van der Waals surface area contributed by atoms with E-state index < -0.39 is 0 Å². The number of carbonyl (C=O) groups excluding carboxylic acids is 1. The molecule has 2 aromatic carbocycles. The highest BCUT2D eigenvalue weighted by molar-refractivity contribution is 6.04. The van der Waals surface area contributed by atoms with Crippen LogP contribution in [0.25, 0.3) is 10.8 Å². The highest BCUT2D eigenvalue weighted by atomic mass is 19.1. The maximum atomic E-state index is 13.6. The number of hydrogen-bond donors (Lipinski definition) is 0. The van der Waals surface area contributed by atoms with E-state index >= 15 is 0 Å². The van der Waals surface area contributed by atoms with Crippen LogP contribution in [0.1, 0.15) is 31.3 Å². The van der Waals surface area contributed by atoms with Crippen molar-refractivity contribution in [2.45, 2.75) is 20.8 Å². The van der Waals surface area contributed by atoms with Crippen LogP contribution >= 0.6 is 0 Å². The van der Waals surface area contributed by atoms with Gasteiger partial charge in [-0.2, -0.15) is 5.10 Å². The van der Waals surface area contributed by atoms with Crippen LogP contribution < -0.4 is 15.2 Å². The quantitative estimate of drug-likeness (QED) is 0.622. The minimum Gasteiger partial charge on any atom is -0.492 e. The van der Waals surface area contributed by atoms with Crippen LogP contribution in [0, 0.1) is 5.82 Å². The van der Waals surface area contributed by atoms with Crippen LogP contribution in [-0.2, 0) is 7.05 Å². The molecule has 1 saturated heterocycles. The van der Waals surface area contributed by atoms with Crippen molar-refractivity contribution in [2.24, 2.45) is 7.05 Å². The van der Waals surface area contributed by atoms with Gasteiger partial charge in [-0.1, -0.05) is 32.0 Å². The maximum Gasteiger partial charge on any atom is 0.275 e. The molecule has 0 atom stereocenters. The Hall–Kier alpha value is -3.42. The lowest BCUT2D eigenvalue weighted by Crippen LogP contribution is -2.49. The number of piperazine rings is 1. The second kappa shape index (κ2) is 10.3. The lowest BCUT2D eigenvalue weighted by molar-refractivity contribution is 0.0740. The Morgan fingerprint density at radius 3 is 2.38 bits per heavy atom. The molecule has 1 fully saturated rings. The van der Waals surface area contributed by atoms with E-state index in [9.17, 15) is 14.0 Å². The van der Waals surface area contributed by atoms with E-state index in [1.165, 1.54) is 16.8 Å². The molecule has 1 amide bonds. The van der Waals surface area contributed by atoms with Gasteiger partial charge in [0.05, 0.1) is 17.7 Å². The van der Waals surface area contributed by atoms with E-state index in [4.69, 9.17) is 4.74 Å². The summed E-state index contributed by atoms with van der Waals surface area (Å²) in [4.78, 5) is 29.3. The van der Waals surface area contributed by atoms with Crippen molar-refractivity contribution in [3.8, 4) is 5.75 Å². The molecule has 1 aliphatic heterocycles. The van der Waals surface area contributed by atoms with E-state index in [0.29, 0.717) is 49.3 Å². The second-order valence-electron chi connectivity index (χ2n) is 7.15. The molecule has 32 heavy (non-hydrogen) atoms. The number of rotatable bonds is 4. The van der Waals surface area contributed by atoms with Gasteiger partial charge in [0.1, 0.15) is 11.6 Å². The standard InChI is InChI=1S/C22H23FN4O3.C2H6/c1-3-30-19-14-15(23)8-9-18(19)26-10-12-27(13-11-26)22(29)20-16-6-4-5-7-17(16)21(28)25(2)24-20;1-2/h4-9,14H,3,10-13H2,1-2H3;1-2H3. The van der Waals surface area contributed by atoms with Crippen LogP contribution in [-0.4, -0.2) is 53.4 Å². The molecule has 0 radical (unpaired) electrons. The van der Waals surface area contributed by atoms with Crippen molar-refractivity contribution in [1.82, 2.24) is 14.7 Å². The molecule has 3 aromatic rings. The number of hydrogen-bond acceptors (Lipinski definition) is 5. The first-order valence-corrected chi connectivity index (χ1v) is 10.9.